The Morgan fingerprint density at radius 2 is 2.00 bits per heavy atom. The Kier molecular flexibility index (Phi) is 5.38. The van der Waals surface area contributed by atoms with Crippen molar-refractivity contribution in [1.82, 2.24) is 9.71 Å². The number of sulfonamides is 1. The molecule has 0 aliphatic rings. The van der Waals surface area contributed by atoms with Crippen LogP contribution >= 0.6 is 0 Å². The van der Waals surface area contributed by atoms with Crippen LogP contribution in [-0.2, 0) is 10.0 Å². The Bertz CT molecular complexity index is 774. The molecule has 1 heterocycles. The summed E-state index contributed by atoms with van der Waals surface area (Å²) in [6, 6.07) is 6.68. The molecule has 5 nitrogen and oxygen atoms in total. The van der Waals surface area contributed by atoms with Crippen molar-refractivity contribution in [2.24, 2.45) is 0 Å². The zero-order valence-corrected chi connectivity index (χ0v) is 14.6. The molecule has 0 saturated carbocycles. The summed E-state index contributed by atoms with van der Waals surface area (Å²) < 4.78 is 33.6. The normalized spacial score (nSPS) is 12.9. The molecule has 0 fully saturated rings. The Hall–Kier alpha value is -1.92. The predicted octanol–water partition coefficient (Wildman–Crippen LogP) is 3.14. The molecule has 2 rings (SSSR count). The highest BCUT2D eigenvalue weighted by atomic mass is 32.2. The standard InChI is InChI=1S/C17H22N2O3S/c1-5-22-16-9-13(3)17(10-12(16)2)23(20,21)19-14(4)15-7-6-8-18-11-15/h6-11,14,19H,5H2,1-4H3. The van der Waals surface area contributed by atoms with Crippen LogP contribution in [0.15, 0.2) is 41.6 Å². The largest absolute Gasteiger partial charge is 0.494 e. The summed E-state index contributed by atoms with van der Waals surface area (Å²) in [5, 5.41) is 0. The van der Waals surface area contributed by atoms with Crippen LogP contribution in [0.2, 0.25) is 0 Å². The summed E-state index contributed by atoms with van der Waals surface area (Å²) in [5.41, 5.74) is 2.27. The lowest BCUT2D eigenvalue weighted by atomic mass is 10.1. The number of nitrogens with zero attached hydrogens (tertiary/aromatic N) is 1. The Morgan fingerprint density at radius 3 is 2.61 bits per heavy atom. The first kappa shape index (κ1) is 17.4. The lowest BCUT2D eigenvalue weighted by molar-refractivity contribution is 0.337. The number of nitrogens with one attached hydrogen (secondary N) is 1. The van der Waals surface area contributed by atoms with E-state index in [1.54, 1.807) is 44.4 Å². The fraction of sp³-hybridized carbons (Fsp3) is 0.353. The van der Waals surface area contributed by atoms with Gasteiger partial charge in [0.1, 0.15) is 5.75 Å². The Morgan fingerprint density at radius 1 is 1.26 bits per heavy atom. The molecule has 1 aromatic heterocycles. The molecule has 0 amide bonds. The van der Waals surface area contributed by atoms with Crippen LogP contribution in [0, 0.1) is 13.8 Å². The second-order valence-electron chi connectivity index (χ2n) is 5.45. The molecule has 1 atom stereocenters. The molecule has 1 unspecified atom stereocenters. The van der Waals surface area contributed by atoms with Crippen LogP contribution in [0.4, 0.5) is 0 Å². The number of aromatic nitrogens is 1. The topological polar surface area (TPSA) is 68.3 Å². The monoisotopic (exact) mass is 334 g/mol. The van der Waals surface area contributed by atoms with Gasteiger partial charge in [-0.1, -0.05) is 6.07 Å². The van der Waals surface area contributed by atoms with Gasteiger partial charge in [0.2, 0.25) is 10.0 Å². The quantitative estimate of drug-likeness (QED) is 0.881. The number of benzene rings is 1. The summed E-state index contributed by atoms with van der Waals surface area (Å²) in [6.45, 7) is 7.85. The highest BCUT2D eigenvalue weighted by molar-refractivity contribution is 7.89. The molecule has 0 aliphatic heterocycles. The molecule has 0 aliphatic carbocycles. The van der Waals surface area contributed by atoms with E-state index < -0.39 is 10.0 Å². The number of aryl methyl sites for hydroxylation is 2. The second-order valence-corrected chi connectivity index (χ2v) is 7.13. The molecule has 2 aromatic rings. The molecule has 124 valence electrons. The lowest BCUT2D eigenvalue weighted by Crippen LogP contribution is -2.27. The van der Waals surface area contributed by atoms with E-state index in [2.05, 4.69) is 9.71 Å². The fourth-order valence-electron chi connectivity index (χ4n) is 2.36. The van der Waals surface area contributed by atoms with Crippen LogP contribution in [-0.4, -0.2) is 20.0 Å². The minimum atomic E-state index is -3.63. The third-order valence-corrected chi connectivity index (χ3v) is 5.26. The van der Waals surface area contributed by atoms with E-state index >= 15 is 0 Å². The molecule has 0 bridgehead atoms. The second kappa shape index (κ2) is 7.10. The van der Waals surface area contributed by atoms with Crippen molar-refractivity contribution in [3.63, 3.8) is 0 Å². The highest BCUT2D eigenvalue weighted by Crippen LogP contribution is 2.27. The van der Waals surface area contributed by atoms with Gasteiger partial charge in [0.25, 0.3) is 0 Å². The fourth-order valence-corrected chi connectivity index (χ4v) is 3.90. The summed E-state index contributed by atoms with van der Waals surface area (Å²) in [7, 11) is -3.63. The van der Waals surface area contributed by atoms with Crippen LogP contribution in [0.1, 0.15) is 36.6 Å². The van der Waals surface area contributed by atoms with E-state index in [0.717, 1.165) is 11.1 Å². The molecule has 1 aromatic carbocycles. The van der Waals surface area contributed by atoms with Gasteiger partial charge in [-0.2, -0.15) is 0 Å². The molecule has 23 heavy (non-hydrogen) atoms. The van der Waals surface area contributed by atoms with Crippen molar-refractivity contribution >= 4 is 10.0 Å². The first-order chi connectivity index (χ1) is 10.8. The maximum absolute atomic E-state index is 12.7. The maximum Gasteiger partial charge on any atom is 0.241 e. The van der Waals surface area contributed by atoms with Crippen LogP contribution in [0.25, 0.3) is 0 Å². The molecule has 0 radical (unpaired) electrons. The van der Waals surface area contributed by atoms with Gasteiger partial charge in [-0.05, 0) is 62.6 Å². The van der Waals surface area contributed by atoms with E-state index in [-0.39, 0.29) is 10.9 Å². The van der Waals surface area contributed by atoms with E-state index in [1.807, 2.05) is 19.9 Å². The number of hydrogen-bond acceptors (Lipinski definition) is 4. The number of rotatable bonds is 6. The number of pyridine rings is 1. The molecule has 1 N–H and O–H groups in total. The minimum Gasteiger partial charge on any atom is -0.494 e. The molecule has 0 saturated heterocycles. The average Bonchev–Trinajstić information content (AvgIpc) is 2.51. The van der Waals surface area contributed by atoms with Crippen LogP contribution in [0.3, 0.4) is 0 Å². The van der Waals surface area contributed by atoms with Gasteiger partial charge in [0.05, 0.1) is 11.5 Å². The lowest BCUT2D eigenvalue weighted by Gasteiger charge is -2.17. The van der Waals surface area contributed by atoms with Gasteiger partial charge in [-0.15, -0.1) is 0 Å². The summed E-state index contributed by atoms with van der Waals surface area (Å²) in [4.78, 5) is 4.29. The van der Waals surface area contributed by atoms with E-state index in [1.165, 1.54) is 0 Å². The summed E-state index contributed by atoms with van der Waals surface area (Å²) in [5.74, 6) is 0.712. The molecular formula is C17H22N2O3S. The van der Waals surface area contributed by atoms with E-state index in [4.69, 9.17) is 4.74 Å². The third-order valence-electron chi connectivity index (χ3n) is 3.58. The zero-order chi connectivity index (χ0) is 17.0. The van der Waals surface area contributed by atoms with Gasteiger partial charge < -0.3 is 4.74 Å². The molecule has 0 spiro atoms. The SMILES string of the molecule is CCOc1cc(C)c(S(=O)(=O)NC(C)c2cccnc2)cc1C. The van der Waals surface area contributed by atoms with Crippen LogP contribution in [0.5, 0.6) is 5.75 Å². The van der Waals surface area contributed by atoms with Gasteiger partial charge >= 0.3 is 0 Å². The number of ether oxygens (including phenoxy) is 1. The third kappa shape index (κ3) is 4.09. The first-order valence-electron chi connectivity index (χ1n) is 7.51. The van der Waals surface area contributed by atoms with E-state index in [9.17, 15) is 8.42 Å². The van der Waals surface area contributed by atoms with Crippen molar-refractivity contribution in [2.45, 2.75) is 38.6 Å². The van der Waals surface area contributed by atoms with Crippen molar-refractivity contribution in [1.29, 1.82) is 0 Å². The number of hydrogen-bond donors (Lipinski definition) is 1. The van der Waals surface area contributed by atoms with Gasteiger partial charge in [0, 0.05) is 18.4 Å². The summed E-state index contributed by atoms with van der Waals surface area (Å²) in [6.07, 6.45) is 3.31. The van der Waals surface area contributed by atoms with Gasteiger partial charge in [-0.25, -0.2) is 13.1 Å². The Labute approximate surface area is 137 Å². The van der Waals surface area contributed by atoms with Crippen molar-refractivity contribution < 1.29 is 13.2 Å². The predicted molar refractivity (Wildman–Crippen MR) is 90.1 cm³/mol. The van der Waals surface area contributed by atoms with Crippen molar-refractivity contribution in [3.05, 3.63) is 53.3 Å². The van der Waals surface area contributed by atoms with Gasteiger partial charge in [0.15, 0.2) is 0 Å². The first-order valence-corrected chi connectivity index (χ1v) is 8.99. The van der Waals surface area contributed by atoms with Gasteiger partial charge in [-0.3, -0.25) is 4.98 Å². The average molecular weight is 334 g/mol. The smallest absolute Gasteiger partial charge is 0.241 e. The molecule has 6 heteroatoms. The van der Waals surface area contributed by atoms with Crippen LogP contribution < -0.4 is 9.46 Å². The van der Waals surface area contributed by atoms with Crippen molar-refractivity contribution in [2.75, 3.05) is 6.61 Å². The van der Waals surface area contributed by atoms with Crippen molar-refractivity contribution in [3.8, 4) is 5.75 Å². The summed E-state index contributed by atoms with van der Waals surface area (Å²) >= 11 is 0. The van der Waals surface area contributed by atoms with E-state index in [0.29, 0.717) is 17.9 Å². The minimum absolute atomic E-state index is 0.272. The zero-order valence-electron chi connectivity index (χ0n) is 13.8. The molecular weight excluding hydrogens is 312 g/mol. The Balaban J connectivity index is 2.31. The highest BCUT2D eigenvalue weighted by Gasteiger charge is 2.21. The maximum atomic E-state index is 12.7.